The van der Waals surface area contributed by atoms with Crippen molar-refractivity contribution in [1.29, 1.82) is 0 Å². The first-order valence-corrected chi connectivity index (χ1v) is 11.7. The fraction of sp³-hybridized carbons (Fsp3) is 0.720. The number of unbranched alkanes of at least 4 members (excludes halogenated alkanes) is 6. The predicted octanol–water partition coefficient (Wildman–Crippen LogP) is 6.67. The van der Waals surface area contributed by atoms with Crippen LogP contribution in [0.2, 0.25) is 0 Å². The summed E-state index contributed by atoms with van der Waals surface area (Å²) in [5, 5.41) is 11.1. The summed E-state index contributed by atoms with van der Waals surface area (Å²) in [7, 11) is 0. The van der Waals surface area contributed by atoms with E-state index in [4.69, 9.17) is 9.47 Å². The highest BCUT2D eigenvalue weighted by Gasteiger charge is 2.36. The van der Waals surface area contributed by atoms with Gasteiger partial charge in [-0.05, 0) is 56.1 Å². The Labute approximate surface area is 177 Å². The molecule has 0 spiro atoms. The van der Waals surface area contributed by atoms with Gasteiger partial charge in [-0.3, -0.25) is 0 Å². The molecule has 1 aliphatic carbocycles. The van der Waals surface area contributed by atoms with Gasteiger partial charge in [0.25, 0.3) is 0 Å². The predicted molar refractivity (Wildman–Crippen MR) is 117 cm³/mol. The number of hydrogen-bond acceptors (Lipinski definition) is 4. The van der Waals surface area contributed by atoms with Crippen LogP contribution in [-0.2, 0) is 21.5 Å². The Bertz CT molecular complexity index is 573. The van der Waals surface area contributed by atoms with E-state index in [1.165, 1.54) is 37.7 Å². The minimum atomic E-state index is -0.815. The zero-order valence-corrected chi connectivity index (χ0v) is 18.5. The van der Waals surface area contributed by atoms with E-state index < -0.39 is 11.8 Å². The van der Waals surface area contributed by atoms with Crippen LogP contribution in [-0.4, -0.2) is 24.0 Å². The maximum Gasteiger partial charge on any atom is 0.508 e. The van der Waals surface area contributed by atoms with E-state index in [0.717, 1.165) is 31.2 Å². The average molecular weight is 405 g/mol. The molecule has 0 bridgehead atoms. The first-order chi connectivity index (χ1) is 14.1. The van der Waals surface area contributed by atoms with Crippen LogP contribution < -0.4 is 0 Å². The van der Waals surface area contributed by atoms with E-state index in [-0.39, 0.29) is 6.10 Å². The number of benzene rings is 1. The molecule has 1 aromatic rings. The monoisotopic (exact) mass is 404 g/mol. The highest BCUT2D eigenvalue weighted by molar-refractivity contribution is 5.60. The lowest BCUT2D eigenvalue weighted by Crippen LogP contribution is -2.35. The first-order valence-electron chi connectivity index (χ1n) is 11.7. The van der Waals surface area contributed by atoms with Crippen LogP contribution in [0.1, 0.15) is 102 Å². The molecule has 0 aliphatic heterocycles. The van der Waals surface area contributed by atoms with E-state index in [2.05, 4.69) is 38.1 Å². The Balaban J connectivity index is 1.72. The zero-order chi connectivity index (χ0) is 21.0. The van der Waals surface area contributed by atoms with Crippen molar-refractivity contribution in [2.24, 2.45) is 0 Å². The SMILES string of the molecule is CCCCCCOC(=O)OC1CCC(O)(c2ccc(CCCCCC)cc2)CC1. The lowest BCUT2D eigenvalue weighted by atomic mass is 9.78. The molecular formula is C25H40O4. The smallest absolute Gasteiger partial charge is 0.434 e. The van der Waals surface area contributed by atoms with Gasteiger partial charge in [-0.15, -0.1) is 0 Å². The molecular weight excluding hydrogens is 364 g/mol. The summed E-state index contributed by atoms with van der Waals surface area (Å²) in [5.74, 6) is 0. The van der Waals surface area contributed by atoms with Gasteiger partial charge in [0, 0.05) is 0 Å². The molecule has 0 aromatic heterocycles. The molecule has 0 heterocycles. The van der Waals surface area contributed by atoms with Crippen molar-refractivity contribution >= 4 is 6.16 Å². The minimum Gasteiger partial charge on any atom is -0.434 e. The molecule has 0 atom stereocenters. The molecule has 1 fully saturated rings. The molecule has 1 aromatic carbocycles. The summed E-state index contributed by atoms with van der Waals surface area (Å²) in [6.07, 6.45) is 12.3. The van der Waals surface area contributed by atoms with Gasteiger partial charge in [-0.25, -0.2) is 4.79 Å². The summed E-state index contributed by atoms with van der Waals surface area (Å²) in [5.41, 5.74) is 1.50. The molecule has 29 heavy (non-hydrogen) atoms. The topological polar surface area (TPSA) is 55.8 Å². The van der Waals surface area contributed by atoms with Gasteiger partial charge in [0.2, 0.25) is 0 Å². The highest BCUT2D eigenvalue weighted by atomic mass is 16.7. The quantitative estimate of drug-likeness (QED) is 0.312. The van der Waals surface area contributed by atoms with E-state index in [1.807, 2.05) is 0 Å². The van der Waals surface area contributed by atoms with Gasteiger partial charge >= 0.3 is 6.16 Å². The number of aliphatic hydroxyl groups is 1. The first kappa shape index (κ1) is 23.7. The van der Waals surface area contributed by atoms with Crippen LogP contribution >= 0.6 is 0 Å². The molecule has 0 unspecified atom stereocenters. The number of ether oxygens (including phenoxy) is 2. The van der Waals surface area contributed by atoms with Crippen molar-refractivity contribution in [2.75, 3.05) is 6.61 Å². The van der Waals surface area contributed by atoms with Crippen LogP contribution in [0.5, 0.6) is 0 Å². The maximum absolute atomic E-state index is 11.8. The van der Waals surface area contributed by atoms with Crippen LogP contribution in [0, 0.1) is 0 Å². The zero-order valence-electron chi connectivity index (χ0n) is 18.5. The number of carbonyl (C=O) groups is 1. The van der Waals surface area contributed by atoms with E-state index in [9.17, 15) is 9.90 Å². The second-order valence-electron chi connectivity index (χ2n) is 8.52. The summed E-state index contributed by atoms with van der Waals surface area (Å²) in [6.45, 7) is 4.81. The Kier molecular flexibility index (Phi) is 10.5. The number of aryl methyl sites for hydroxylation is 1. The Morgan fingerprint density at radius 1 is 0.966 bits per heavy atom. The van der Waals surface area contributed by atoms with Gasteiger partial charge in [0.05, 0.1) is 12.2 Å². The van der Waals surface area contributed by atoms with Crippen molar-refractivity contribution < 1.29 is 19.4 Å². The van der Waals surface area contributed by atoms with Gasteiger partial charge in [-0.2, -0.15) is 0 Å². The second kappa shape index (κ2) is 12.9. The molecule has 0 amide bonds. The number of rotatable bonds is 12. The lowest BCUT2D eigenvalue weighted by Gasteiger charge is -2.36. The van der Waals surface area contributed by atoms with Crippen molar-refractivity contribution in [3.63, 3.8) is 0 Å². The van der Waals surface area contributed by atoms with Gasteiger partial charge in [0.1, 0.15) is 6.10 Å². The summed E-state index contributed by atoms with van der Waals surface area (Å²) in [4.78, 5) is 11.8. The fourth-order valence-corrected chi connectivity index (χ4v) is 4.07. The van der Waals surface area contributed by atoms with Crippen LogP contribution in [0.25, 0.3) is 0 Å². The maximum atomic E-state index is 11.8. The number of hydrogen-bond donors (Lipinski definition) is 1. The van der Waals surface area contributed by atoms with Gasteiger partial charge in [-0.1, -0.05) is 76.6 Å². The molecule has 1 saturated carbocycles. The average Bonchev–Trinajstić information content (AvgIpc) is 2.73. The number of carbonyl (C=O) groups excluding carboxylic acids is 1. The Morgan fingerprint density at radius 3 is 2.21 bits per heavy atom. The van der Waals surface area contributed by atoms with E-state index in [0.29, 0.717) is 32.3 Å². The Hall–Kier alpha value is -1.55. The summed E-state index contributed by atoms with van der Waals surface area (Å²) < 4.78 is 10.6. The fourth-order valence-electron chi connectivity index (χ4n) is 4.07. The van der Waals surface area contributed by atoms with Gasteiger partial charge < -0.3 is 14.6 Å². The molecule has 1 aliphatic rings. The standard InChI is InChI=1S/C25H40O4/c1-3-5-7-9-11-21-12-14-22(15-13-21)25(27)18-16-23(17-19-25)29-24(26)28-20-10-8-6-4-2/h12-15,23,27H,3-11,16-20H2,1-2H3. The van der Waals surface area contributed by atoms with Gasteiger partial charge in [0.15, 0.2) is 0 Å². The molecule has 1 N–H and O–H groups in total. The van der Waals surface area contributed by atoms with Crippen molar-refractivity contribution in [3.8, 4) is 0 Å². The summed E-state index contributed by atoms with van der Waals surface area (Å²) in [6, 6.07) is 8.44. The molecule has 0 saturated heterocycles. The van der Waals surface area contributed by atoms with E-state index >= 15 is 0 Å². The van der Waals surface area contributed by atoms with Crippen molar-refractivity contribution in [1.82, 2.24) is 0 Å². The van der Waals surface area contributed by atoms with Crippen LogP contribution in [0.3, 0.4) is 0 Å². The van der Waals surface area contributed by atoms with Crippen molar-refractivity contribution in [3.05, 3.63) is 35.4 Å². The molecule has 4 nitrogen and oxygen atoms in total. The third-order valence-corrected chi connectivity index (χ3v) is 6.05. The third kappa shape index (κ3) is 8.38. The summed E-state index contributed by atoms with van der Waals surface area (Å²) >= 11 is 0. The second-order valence-corrected chi connectivity index (χ2v) is 8.52. The van der Waals surface area contributed by atoms with Crippen molar-refractivity contribution in [2.45, 2.75) is 109 Å². The normalized spacial score (nSPS) is 21.7. The third-order valence-electron chi connectivity index (χ3n) is 6.05. The Morgan fingerprint density at radius 2 is 1.59 bits per heavy atom. The minimum absolute atomic E-state index is 0.156. The van der Waals surface area contributed by atoms with E-state index in [1.54, 1.807) is 0 Å². The highest BCUT2D eigenvalue weighted by Crippen LogP contribution is 2.38. The lowest BCUT2D eigenvalue weighted by molar-refractivity contribution is -0.0538. The molecule has 164 valence electrons. The molecule has 0 radical (unpaired) electrons. The largest absolute Gasteiger partial charge is 0.508 e. The molecule has 2 rings (SSSR count). The van der Waals surface area contributed by atoms with Crippen LogP contribution in [0.15, 0.2) is 24.3 Å². The molecule has 4 heteroatoms. The van der Waals surface area contributed by atoms with Crippen LogP contribution in [0.4, 0.5) is 4.79 Å².